The van der Waals surface area contributed by atoms with Crippen molar-refractivity contribution in [3.63, 3.8) is 0 Å². The Morgan fingerprint density at radius 1 is 1.00 bits per heavy atom. The second-order valence-electron chi connectivity index (χ2n) is 6.67. The summed E-state index contributed by atoms with van der Waals surface area (Å²) in [7, 11) is 0. The molecule has 5 heteroatoms. The molecule has 0 saturated carbocycles. The van der Waals surface area contributed by atoms with E-state index in [9.17, 15) is 4.79 Å². The Labute approximate surface area is 152 Å². The highest BCUT2D eigenvalue weighted by Crippen LogP contribution is 2.28. The third-order valence-corrected chi connectivity index (χ3v) is 4.89. The van der Waals surface area contributed by atoms with Crippen molar-refractivity contribution in [1.29, 1.82) is 0 Å². The lowest BCUT2D eigenvalue weighted by Crippen LogP contribution is -2.38. The maximum atomic E-state index is 12.9. The number of carbonyl (C=O) groups excluding carboxylic acids is 1. The van der Waals surface area contributed by atoms with Gasteiger partial charge < -0.3 is 9.32 Å². The number of aromatic nitrogens is 2. The number of nitrogens with zero attached hydrogens (tertiary/aromatic N) is 3. The van der Waals surface area contributed by atoms with E-state index in [4.69, 9.17) is 4.42 Å². The zero-order valence-electron chi connectivity index (χ0n) is 14.8. The fraction of sp³-hybridized carbons (Fsp3) is 0.286. The van der Waals surface area contributed by atoms with E-state index < -0.39 is 0 Å². The van der Waals surface area contributed by atoms with Crippen LogP contribution < -0.4 is 0 Å². The van der Waals surface area contributed by atoms with Crippen LogP contribution in [0, 0.1) is 6.92 Å². The Morgan fingerprint density at radius 3 is 2.42 bits per heavy atom. The maximum Gasteiger partial charge on any atom is 0.253 e. The van der Waals surface area contributed by atoms with Crippen LogP contribution in [0.15, 0.2) is 59.0 Å². The predicted octanol–water partition coefficient (Wildman–Crippen LogP) is 4.06. The summed E-state index contributed by atoms with van der Waals surface area (Å²) < 4.78 is 5.54. The maximum absolute atomic E-state index is 12.9. The fourth-order valence-corrected chi connectivity index (χ4v) is 3.45. The molecule has 3 aromatic rings. The molecule has 4 rings (SSSR count). The van der Waals surface area contributed by atoms with Crippen LogP contribution in [0.3, 0.4) is 0 Å². The van der Waals surface area contributed by atoms with Gasteiger partial charge in [0.05, 0.1) is 0 Å². The predicted molar refractivity (Wildman–Crippen MR) is 98.8 cm³/mol. The van der Waals surface area contributed by atoms with E-state index in [1.165, 1.54) is 0 Å². The molecule has 2 heterocycles. The van der Waals surface area contributed by atoms with Crippen LogP contribution in [-0.2, 0) is 0 Å². The number of hydrogen-bond acceptors (Lipinski definition) is 4. The van der Waals surface area contributed by atoms with Crippen molar-refractivity contribution < 1.29 is 9.21 Å². The number of piperidine rings is 1. The van der Waals surface area contributed by atoms with E-state index in [2.05, 4.69) is 22.3 Å². The molecule has 0 radical (unpaired) electrons. The molecule has 26 heavy (non-hydrogen) atoms. The van der Waals surface area contributed by atoms with Gasteiger partial charge in [0, 0.05) is 31.5 Å². The summed E-state index contributed by atoms with van der Waals surface area (Å²) in [5.41, 5.74) is 2.92. The van der Waals surface area contributed by atoms with E-state index in [0.29, 0.717) is 24.9 Å². The largest absolute Gasteiger partial charge is 0.425 e. The number of likely N-dealkylation sites (tertiary alicyclic amines) is 1. The number of amides is 1. The van der Waals surface area contributed by atoms with E-state index in [1.54, 1.807) is 6.92 Å². The SMILES string of the molecule is Cc1nnc(C2CCN(C(=O)c3cccc(-c4ccccc4)c3)CC2)o1. The van der Waals surface area contributed by atoms with Crippen molar-refractivity contribution in [2.45, 2.75) is 25.7 Å². The molecule has 2 aromatic carbocycles. The Hall–Kier alpha value is -2.95. The van der Waals surface area contributed by atoms with Gasteiger partial charge in [-0.25, -0.2) is 0 Å². The standard InChI is InChI=1S/C21H21N3O2/c1-15-22-23-20(26-15)17-10-12-24(13-11-17)21(25)19-9-5-8-18(14-19)16-6-3-2-4-7-16/h2-9,14,17H,10-13H2,1H3. The van der Waals surface area contributed by atoms with Gasteiger partial charge in [0.15, 0.2) is 0 Å². The zero-order valence-corrected chi connectivity index (χ0v) is 14.8. The molecule has 0 unspecified atom stereocenters. The van der Waals surface area contributed by atoms with Gasteiger partial charge in [-0.3, -0.25) is 4.79 Å². The molecule has 0 atom stereocenters. The second-order valence-corrected chi connectivity index (χ2v) is 6.67. The van der Waals surface area contributed by atoms with Crippen molar-refractivity contribution >= 4 is 5.91 Å². The van der Waals surface area contributed by atoms with Crippen LogP contribution in [0.2, 0.25) is 0 Å². The van der Waals surface area contributed by atoms with Gasteiger partial charge in [0.25, 0.3) is 5.91 Å². The monoisotopic (exact) mass is 347 g/mol. The minimum atomic E-state index is 0.0861. The van der Waals surface area contributed by atoms with Crippen LogP contribution in [0.5, 0.6) is 0 Å². The summed E-state index contributed by atoms with van der Waals surface area (Å²) in [4.78, 5) is 14.8. The molecule has 5 nitrogen and oxygen atoms in total. The first-order chi connectivity index (χ1) is 12.7. The Balaban J connectivity index is 1.45. The molecule has 1 aliphatic heterocycles. The Morgan fingerprint density at radius 2 is 1.73 bits per heavy atom. The number of carbonyl (C=O) groups is 1. The molecule has 0 N–H and O–H groups in total. The van der Waals surface area contributed by atoms with Crippen LogP contribution in [0.25, 0.3) is 11.1 Å². The van der Waals surface area contributed by atoms with Gasteiger partial charge >= 0.3 is 0 Å². The summed E-state index contributed by atoms with van der Waals surface area (Å²) in [6.45, 7) is 3.22. The first kappa shape index (κ1) is 16.5. The first-order valence-electron chi connectivity index (χ1n) is 8.95. The minimum Gasteiger partial charge on any atom is -0.425 e. The summed E-state index contributed by atoms with van der Waals surface area (Å²) >= 11 is 0. The third kappa shape index (κ3) is 3.38. The molecular formula is C21H21N3O2. The molecule has 1 fully saturated rings. The molecule has 1 aromatic heterocycles. The summed E-state index contributed by atoms with van der Waals surface area (Å²) in [6, 6.07) is 18.0. The van der Waals surface area contributed by atoms with Gasteiger partial charge in [-0.2, -0.15) is 0 Å². The lowest BCUT2D eigenvalue weighted by Gasteiger charge is -2.30. The van der Waals surface area contributed by atoms with Crippen molar-refractivity contribution in [2.24, 2.45) is 0 Å². The molecule has 0 bridgehead atoms. The number of benzene rings is 2. The van der Waals surface area contributed by atoms with Crippen LogP contribution in [-0.4, -0.2) is 34.1 Å². The van der Waals surface area contributed by atoms with E-state index >= 15 is 0 Å². The van der Waals surface area contributed by atoms with E-state index in [0.717, 1.165) is 29.5 Å². The number of aryl methyl sites for hydroxylation is 1. The molecule has 1 aliphatic rings. The van der Waals surface area contributed by atoms with Crippen molar-refractivity contribution in [3.8, 4) is 11.1 Å². The average Bonchev–Trinajstić information content (AvgIpc) is 3.15. The number of hydrogen-bond donors (Lipinski definition) is 0. The van der Waals surface area contributed by atoms with Gasteiger partial charge in [0.1, 0.15) is 0 Å². The minimum absolute atomic E-state index is 0.0861. The van der Waals surface area contributed by atoms with Crippen molar-refractivity contribution in [3.05, 3.63) is 71.9 Å². The van der Waals surface area contributed by atoms with Gasteiger partial charge in [-0.05, 0) is 36.1 Å². The fourth-order valence-electron chi connectivity index (χ4n) is 3.45. The summed E-state index contributed by atoms with van der Waals surface area (Å²) in [5.74, 6) is 1.62. The average molecular weight is 347 g/mol. The third-order valence-electron chi connectivity index (χ3n) is 4.89. The quantitative estimate of drug-likeness (QED) is 0.717. The summed E-state index contributed by atoms with van der Waals surface area (Å²) in [6.07, 6.45) is 1.71. The van der Waals surface area contributed by atoms with Crippen molar-refractivity contribution in [1.82, 2.24) is 15.1 Å². The van der Waals surface area contributed by atoms with E-state index in [1.807, 2.05) is 47.4 Å². The molecular weight excluding hydrogens is 326 g/mol. The van der Waals surface area contributed by atoms with Gasteiger partial charge in [-0.1, -0.05) is 42.5 Å². The topological polar surface area (TPSA) is 59.2 Å². The van der Waals surface area contributed by atoms with Gasteiger partial charge in [0.2, 0.25) is 11.8 Å². The Kier molecular flexibility index (Phi) is 4.52. The van der Waals surface area contributed by atoms with Crippen molar-refractivity contribution in [2.75, 3.05) is 13.1 Å². The van der Waals surface area contributed by atoms with Crippen LogP contribution >= 0.6 is 0 Å². The normalized spacial score (nSPS) is 15.2. The molecule has 1 saturated heterocycles. The first-order valence-corrected chi connectivity index (χ1v) is 8.95. The van der Waals surface area contributed by atoms with Gasteiger partial charge in [-0.15, -0.1) is 10.2 Å². The lowest BCUT2D eigenvalue weighted by atomic mass is 9.96. The zero-order chi connectivity index (χ0) is 17.9. The molecule has 132 valence electrons. The number of rotatable bonds is 3. The highest BCUT2D eigenvalue weighted by Gasteiger charge is 2.27. The smallest absolute Gasteiger partial charge is 0.253 e. The van der Waals surface area contributed by atoms with Crippen LogP contribution in [0.4, 0.5) is 0 Å². The lowest BCUT2D eigenvalue weighted by molar-refractivity contribution is 0.0706. The van der Waals surface area contributed by atoms with E-state index in [-0.39, 0.29) is 11.8 Å². The second kappa shape index (κ2) is 7.12. The summed E-state index contributed by atoms with van der Waals surface area (Å²) in [5, 5.41) is 8.03. The molecule has 1 amide bonds. The molecule has 0 spiro atoms. The van der Waals surface area contributed by atoms with Crippen LogP contribution in [0.1, 0.15) is 40.9 Å². The highest BCUT2D eigenvalue weighted by molar-refractivity contribution is 5.95. The highest BCUT2D eigenvalue weighted by atomic mass is 16.4. The molecule has 0 aliphatic carbocycles. The Bertz CT molecular complexity index is 896.